The number of amides is 1. The lowest BCUT2D eigenvalue weighted by atomic mass is 9.88. The Hall–Kier alpha value is -1.92. The highest BCUT2D eigenvalue weighted by atomic mass is 16.5. The van der Waals surface area contributed by atoms with Crippen molar-refractivity contribution in [3.63, 3.8) is 0 Å². The fraction of sp³-hybridized carbons (Fsp3) is 0.556. The number of methoxy groups -OCH3 is 1. The highest BCUT2D eigenvalue weighted by Crippen LogP contribution is 2.46. The lowest BCUT2D eigenvalue weighted by Gasteiger charge is -2.32. The van der Waals surface area contributed by atoms with E-state index < -0.39 is 17.4 Å². The van der Waals surface area contributed by atoms with Gasteiger partial charge in [0.15, 0.2) is 0 Å². The summed E-state index contributed by atoms with van der Waals surface area (Å²) in [7, 11) is 3.36. The molecule has 2 rings (SSSR count). The number of hydrogen-bond acceptors (Lipinski definition) is 4. The molecule has 1 aliphatic rings. The second-order valence-corrected chi connectivity index (χ2v) is 6.59. The van der Waals surface area contributed by atoms with E-state index >= 15 is 0 Å². The standard InChI is InChI=1S/C18H26N2O4/c1-12-7-5-6-8-13(12)15-14(16(21)19-9-10-24-4)11-18(2,17(22)23)20(15)3/h5-8,14-15H,9-11H2,1-4H3,(H,19,21)(H,22,23)/t14-,15-,18-/m1/s1. The van der Waals surface area contributed by atoms with Crippen LogP contribution < -0.4 is 5.32 Å². The zero-order valence-electron chi connectivity index (χ0n) is 14.7. The van der Waals surface area contributed by atoms with Crippen LogP contribution in [-0.4, -0.2) is 54.7 Å². The summed E-state index contributed by atoms with van der Waals surface area (Å²) in [6.07, 6.45) is 0.274. The van der Waals surface area contributed by atoms with E-state index in [4.69, 9.17) is 4.74 Å². The zero-order valence-corrected chi connectivity index (χ0v) is 14.7. The molecular weight excluding hydrogens is 308 g/mol. The second-order valence-electron chi connectivity index (χ2n) is 6.59. The maximum Gasteiger partial charge on any atom is 0.323 e. The highest BCUT2D eigenvalue weighted by molar-refractivity contribution is 5.85. The minimum absolute atomic E-state index is 0.128. The normalized spacial score (nSPS) is 27.2. The number of benzene rings is 1. The van der Waals surface area contributed by atoms with Crippen LogP contribution in [0.1, 0.15) is 30.5 Å². The van der Waals surface area contributed by atoms with E-state index in [1.165, 1.54) is 0 Å². The number of carbonyl (C=O) groups excluding carboxylic acids is 1. The van der Waals surface area contributed by atoms with Gasteiger partial charge in [-0.1, -0.05) is 24.3 Å². The first-order valence-corrected chi connectivity index (χ1v) is 8.11. The first kappa shape index (κ1) is 18.4. The van der Waals surface area contributed by atoms with E-state index in [1.54, 1.807) is 21.1 Å². The maximum atomic E-state index is 12.7. The lowest BCUT2D eigenvalue weighted by molar-refractivity contribution is -0.148. The Morgan fingerprint density at radius 3 is 2.67 bits per heavy atom. The number of hydrogen-bond donors (Lipinski definition) is 2. The van der Waals surface area contributed by atoms with Crippen molar-refractivity contribution in [1.82, 2.24) is 10.2 Å². The van der Waals surface area contributed by atoms with Crippen molar-refractivity contribution in [1.29, 1.82) is 0 Å². The SMILES string of the molecule is COCCNC(=O)[C@@H]1C[C@](C)(C(=O)O)N(C)[C@@H]1c1ccccc1C. The van der Waals surface area contributed by atoms with Crippen molar-refractivity contribution in [2.24, 2.45) is 5.92 Å². The summed E-state index contributed by atoms with van der Waals surface area (Å²) in [5, 5.41) is 12.6. The molecule has 0 saturated carbocycles. The molecule has 1 heterocycles. The molecule has 24 heavy (non-hydrogen) atoms. The lowest BCUT2D eigenvalue weighted by Crippen LogP contribution is -2.46. The number of carbonyl (C=O) groups is 2. The summed E-state index contributed by atoms with van der Waals surface area (Å²) in [6, 6.07) is 7.55. The smallest absolute Gasteiger partial charge is 0.323 e. The van der Waals surface area contributed by atoms with Gasteiger partial charge in [0.05, 0.1) is 12.5 Å². The maximum absolute atomic E-state index is 12.7. The molecule has 3 atom stereocenters. The predicted molar refractivity (Wildman–Crippen MR) is 90.7 cm³/mol. The van der Waals surface area contributed by atoms with Crippen molar-refractivity contribution in [2.75, 3.05) is 27.3 Å². The van der Waals surface area contributed by atoms with E-state index in [2.05, 4.69) is 5.32 Å². The number of likely N-dealkylation sites (tertiary alicyclic amines) is 1. The van der Waals surface area contributed by atoms with Gasteiger partial charge in [-0.2, -0.15) is 0 Å². The minimum atomic E-state index is -1.07. The summed E-state index contributed by atoms with van der Waals surface area (Å²) >= 11 is 0. The number of rotatable bonds is 6. The Morgan fingerprint density at radius 1 is 1.42 bits per heavy atom. The third-order valence-corrected chi connectivity index (χ3v) is 5.10. The molecule has 1 amide bonds. The number of carboxylic acids is 1. The number of aryl methyl sites for hydroxylation is 1. The zero-order chi connectivity index (χ0) is 17.9. The average molecular weight is 334 g/mol. The molecule has 0 spiro atoms. The molecule has 6 heteroatoms. The molecule has 1 saturated heterocycles. The molecule has 1 aromatic carbocycles. The highest BCUT2D eigenvalue weighted by Gasteiger charge is 2.54. The molecule has 1 aromatic rings. The van der Waals surface area contributed by atoms with Gasteiger partial charge < -0.3 is 15.2 Å². The first-order valence-electron chi connectivity index (χ1n) is 8.11. The fourth-order valence-corrected chi connectivity index (χ4v) is 3.49. The van der Waals surface area contributed by atoms with Crippen LogP contribution in [0.4, 0.5) is 0 Å². The molecule has 6 nitrogen and oxygen atoms in total. The molecular formula is C18H26N2O4. The van der Waals surface area contributed by atoms with Gasteiger partial charge in [0.1, 0.15) is 5.54 Å². The van der Waals surface area contributed by atoms with Crippen LogP contribution in [0.15, 0.2) is 24.3 Å². The van der Waals surface area contributed by atoms with Gasteiger partial charge in [-0.25, -0.2) is 0 Å². The Bertz CT molecular complexity index is 619. The van der Waals surface area contributed by atoms with Gasteiger partial charge in [0, 0.05) is 19.7 Å². The third-order valence-electron chi connectivity index (χ3n) is 5.10. The largest absolute Gasteiger partial charge is 0.480 e. The Labute approximate surface area is 142 Å². The summed E-state index contributed by atoms with van der Waals surface area (Å²) in [5.41, 5.74) is 0.978. The van der Waals surface area contributed by atoms with Crippen LogP contribution in [0.3, 0.4) is 0 Å². The van der Waals surface area contributed by atoms with Crippen molar-refractivity contribution < 1.29 is 19.4 Å². The molecule has 0 aromatic heterocycles. The Morgan fingerprint density at radius 2 is 2.08 bits per heavy atom. The number of ether oxygens (including phenoxy) is 1. The molecule has 2 N–H and O–H groups in total. The van der Waals surface area contributed by atoms with Crippen LogP contribution in [0.5, 0.6) is 0 Å². The predicted octanol–water partition coefficient (Wildman–Crippen LogP) is 1.59. The van der Waals surface area contributed by atoms with E-state index in [0.717, 1.165) is 11.1 Å². The van der Waals surface area contributed by atoms with Crippen LogP contribution in [0.25, 0.3) is 0 Å². The van der Waals surface area contributed by atoms with Crippen molar-refractivity contribution >= 4 is 11.9 Å². The van der Waals surface area contributed by atoms with Crippen LogP contribution in [-0.2, 0) is 14.3 Å². The summed E-state index contributed by atoms with van der Waals surface area (Å²) in [5.74, 6) is -1.46. The van der Waals surface area contributed by atoms with Gasteiger partial charge in [-0.05, 0) is 38.4 Å². The van der Waals surface area contributed by atoms with Gasteiger partial charge in [-0.3, -0.25) is 14.5 Å². The Balaban J connectivity index is 2.36. The van der Waals surface area contributed by atoms with Crippen LogP contribution >= 0.6 is 0 Å². The molecule has 132 valence electrons. The summed E-state index contributed by atoms with van der Waals surface area (Å²) in [6.45, 7) is 4.52. The second kappa shape index (κ2) is 7.32. The van der Waals surface area contributed by atoms with Gasteiger partial charge in [-0.15, -0.1) is 0 Å². The molecule has 0 aliphatic carbocycles. The third kappa shape index (κ3) is 3.30. The molecule has 1 aliphatic heterocycles. The van der Waals surface area contributed by atoms with E-state index in [9.17, 15) is 14.7 Å². The molecule has 0 unspecified atom stereocenters. The summed E-state index contributed by atoms with van der Waals surface area (Å²) < 4.78 is 4.97. The van der Waals surface area contributed by atoms with Crippen molar-refractivity contribution in [2.45, 2.75) is 31.8 Å². The number of aliphatic carboxylic acids is 1. The van der Waals surface area contributed by atoms with Crippen molar-refractivity contribution in [3.8, 4) is 0 Å². The van der Waals surface area contributed by atoms with E-state index in [-0.39, 0.29) is 18.4 Å². The molecule has 1 fully saturated rings. The number of carboxylic acid groups (broad SMARTS) is 1. The van der Waals surface area contributed by atoms with Gasteiger partial charge >= 0.3 is 5.97 Å². The quantitative estimate of drug-likeness (QED) is 0.773. The average Bonchev–Trinajstić information content (AvgIpc) is 2.81. The first-order chi connectivity index (χ1) is 11.3. The topological polar surface area (TPSA) is 78.9 Å². The molecule has 0 radical (unpaired) electrons. The van der Waals surface area contributed by atoms with Crippen LogP contribution in [0.2, 0.25) is 0 Å². The van der Waals surface area contributed by atoms with E-state index in [1.807, 2.05) is 36.1 Å². The van der Waals surface area contributed by atoms with Crippen LogP contribution in [0, 0.1) is 12.8 Å². The van der Waals surface area contributed by atoms with Gasteiger partial charge in [0.2, 0.25) is 5.91 Å². The number of nitrogens with zero attached hydrogens (tertiary/aromatic N) is 1. The molecule has 0 bridgehead atoms. The monoisotopic (exact) mass is 334 g/mol. The fourth-order valence-electron chi connectivity index (χ4n) is 3.49. The minimum Gasteiger partial charge on any atom is -0.480 e. The van der Waals surface area contributed by atoms with E-state index in [0.29, 0.717) is 13.2 Å². The number of likely N-dealkylation sites (N-methyl/N-ethyl adjacent to an activating group) is 1. The van der Waals surface area contributed by atoms with Crippen molar-refractivity contribution in [3.05, 3.63) is 35.4 Å². The van der Waals surface area contributed by atoms with Gasteiger partial charge in [0.25, 0.3) is 0 Å². The summed E-state index contributed by atoms with van der Waals surface area (Å²) in [4.78, 5) is 26.3. The number of nitrogens with one attached hydrogen (secondary N) is 1. The Kier molecular flexibility index (Phi) is 5.62.